The summed E-state index contributed by atoms with van der Waals surface area (Å²) in [6, 6.07) is 13.8. The predicted molar refractivity (Wildman–Crippen MR) is 125 cm³/mol. The van der Waals surface area contributed by atoms with E-state index in [0.717, 1.165) is 19.6 Å². The average Bonchev–Trinajstić information content (AvgIpc) is 3.04. The normalized spacial score (nSPS) is 17.3. The number of piperazine rings is 1. The molecule has 1 fully saturated rings. The van der Waals surface area contributed by atoms with E-state index in [4.69, 9.17) is 11.6 Å². The van der Waals surface area contributed by atoms with Gasteiger partial charge in [0.15, 0.2) is 0 Å². The number of hydrogen-bond acceptors (Lipinski definition) is 5. The van der Waals surface area contributed by atoms with E-state index in [1.807, 2.05) is 4.90 Å². The summed E-state index contributed by atoms with van der Waals surface area (Å²) in [5.74, 6) is -0.944. The van der Waals surface area contributed by atoms with Crippen LogP contribution in [0.2, 0.25) is 5.02 Å². The molecule has 0 aromatic heterocycles. The van der Waals surface area contributed by atoms with Gasteiger partial charge in [-0.3, -0.25) is 14.4 Å². The molecule has 0 saturated carbocycles. The van der Waals surface area contributed by atoms with Crippen molar-refractivity contribution in [3.05, 3.63) is 64.8 Å². The maximum Gasteiger partial charge on any atom is 0.282 e. The maximum atomic E-state index is 13.6. The van der Waals surface area contributed by atoms with Crippen LogP contribution in [0.1, 0.15) is 19.4 Å². The first-order valence-electron chi connectivity index (χ1n) is 10.6. The lowest BCUT2D eigenvalue weighted by Gasteiger charge is -2.36. The molecule has 1 saturated heterocycles. The Balaban J connectivity index is 1.76. The molecule has 2 aliphatic heterocycles. The molecule has 0 atom stereocenters. The van der Waals surface area contributed by atoms with Crippen molar-refractivity contribution in [3.63, 3.8) is 0 Å². The number of amides is 3. The van der Waals surface area contributed by atoms with Gasteiger partial charge in [0.2, 0.25) is 5.91 Å². The van der Waals surface area contributed by atoms with Crippen molar-refractivity contribution in [3.8, 4) is 0 Å². The molecule has 0 bridgehead atoms. The number of nitrogens with zero attached hydrogens (tertiary/aromatic N) is 3. The van der Waals surface area contributed by atoms with Crippen LogP contribution in [0.5, 0.6) is 0 Å². The van der Waals surface area contributed by atoms with Crippen molar-refractivity contribution in [1.82, 2.24) is 9.80 Å². The summed E-state index contributed by atoms with van der Waals surface area (Å²) in [6.45, 7) is 7.46. The molecule has 2 aromatic carbocycles. The third kappa shape index (κ3) is 4.13. The third-order valence-corrected chi connectivity index (χ3v) is 6.10. The van der Waals surface area contributed by atoms with Crippen molar-refractivity contribution in [2.75, 3.05) is 42.9 Å². The van der Waals surface area contributed by atoms with Gasteiger partial charge in [-0.15, -0.1) is 0 Å². The standard InChI is InChI=1S/C24H25ClN4O3/c1-3-27-12-14-28(15-13-27)22-21(17-8-10-18(11-9-17)26-16(2)30)23(31)29(24(22)32)20-7-5-4-6-19(20)25/h4-11H,3,12-15H2,1-2H3,(H,26,30). The van der Waals surface area contributed by atoms with Gasteiger partial charge >= 0.3 is 0 Å². The second-order valence-electron chi connectivity index (χ2n) is 7.80. The van der Waals surface area contributed by atoms with Crippen LogP contribution >= 0.6 is 11.6 Å². The number of para-hydroxylation sites is 1. The third-order valence-electron chi connectivity index (χ3n) is 5.78. The second-order valence-corrected chi connectivity index (χ2v) is 8.21. The summed E-state index contributed by atoms with van der Waals surface area (Å²) in [5, 5.41) is 3.06. The minimum atomic E-state index is -0.400. The Kier molecular flexibility index (Phi) is 6.30. The predicted octanol–water partition coefficient (Wildman–Crippen LogP) is 3.22. The summed E-state index contributed by atoms with van der Waals surface area (Å²) < 4.78 is 0. The minimum Gasteiger partial charge on any atom is -0.364 e. The van der Waals surface area contributed by atoms with Crippen LogP contribution in [0.4, 0.5) is 11.4 Å². The summed E-state index contributed by atoms with van der Waals surface area (Å²) in [6.07, 6.45) is 0. The van der Waals surface area contributed by atoms with Gasteiger partial charge in [-0.05, 0) is 36.4 Å². The zero-order valence-electron chi connectivity index (χ0n) is 18.1. The molecular weight excluding hydrogens is 428 g/mol. The maximum absolute atomic E-state index is 13.6. The van der Waals surface area contributed by atoms with E-state index in [-0.39, 0.29) is 11.8 Å². The number of halogens is 1. The Morgan fingerprint density at radius 3 is 2.22 bits per heavy atom. The highest BCUT2D eigenvalue weighted by Crippen LogP contribution is 2.38. The first-order chi connectivity index (χ1) is 15.4. The summed E-state index contributed by atoms with van der Waals surface area (Å²) >= 11 is 6.34. The van der Waals surface area contributed by atoms with Gasteiger partial charge in [0.25, 0.3) is 11.8 Å². The Labute approximate surface area is 192 Å². The largest absolute Gasteiger partial charge is 0.364 e. The number of likely N-dealkylation sites (N-methyl/N-ethyl adjacent to an activating group) is 1. The van der Waals surface area contributed by atoms with E-state index in [9.17, 15) is 14.4 Å². The fourth-order valence-corrected chi connectivity index (χ4v) is 4.36. The van der Waals surface area contributed by atoms with Crippen molar-refractivity contribution in [2.24, 2.45) is 0 Å². The molecule has 7 nitrogen and oxygen atoms in total. The lowest BCUT2D eigenvalue weighted by Crippen LogP contribution is -2.47. The molecule has 2 aromatic rings. The number of nitrogens with one attached hydrogen (secondary N) is 1. The second kappa shape index (κ2) is 9.14. The fraction of sp³-hybridized carbons (Fsp3) is 0.292. The van der Waals surface area contributed by atoms with Gasteiger partial charge < -0.3 is 15.1 Å². The molecule has 0 unspecified atom stereocenters. The number of carbonyl (C=O) groups is 3. The number of anilines is 2. The van der Waals surface area contributed by atoms with E-state index in [1.165, 1.54) is 11.8 Å². The van der Waals surface area contributed by atoms with Crippen LogP contribution in [0.25, 0.3) is 5.57 Å². The highest BCUT2D eigenvalue weighted by Gasteiger charge is 2.43. The van der Waals surface area contributed by atoms with Crippen LogP contribution in [0.3, 0.4) is 0 Å². The van der Waals surface area contributed by atoms with Crippen molar-refractivity contribution >= 4 is 46.3 Å². The molecule has 0 aliphatic carbocycles. The summed E-state index contributed by atoms with van der Waals surface area (Å²) in [5.41, 5.74) is 2.38. The fourth-order valence-electron chi connectivity index (χ4n) is 4.13. The van der Waals surface area contributed by atoms with Gasteiger partial charge in [-0.1, -0.05) is 42.8 Å². The Morgan fingerprint density at radius 1 is 0.969 bits per heavy atom. The van der Waals surface area contributed by atoms with Gasteiger partial charge in [-0.2, -0.15) is 0 Å². The van der Waals surface area contributed by atoms with Crippen molar-refractivity contribution in [1.29, 1.82) is 0 Å². The van der Waals surface area contributed by atoms with Gasteiger partial charge in [0, 0.05) is 38.8 Å². The monoisotopic (exact) mass is 452 g/mol. The molecule has 0 spiro atoms. The summed E-state index contributed by atoms with van der Waals surface area (Å²) in [7, 11) is 0. The van der Waals surface area contributed by atoms with Gasteiger partial charge in [0.1, 0.15) is 5.70 Å². The molecule has 8 heteroatoms. The molecule has 4 rings (SSSR count). The van der Waals surface area contributed by atoms with E-state index >= 15 is 0 Å². The number of carbonyl (C=O) groups excluding carboxylic acids is 3. The highest BCUT2D eigenvalue weighted by molar-refractivity contribution is 6.47. The van der Waals surface area contributed by atoms with Crippen LogP contribution in [-0.2, 0) is 14.4 Å². The average molecular weight is 453 g/mol. The van der Waals surface area contributed by atoms with E-state index in [2.05, 4.69) is 17.1 Å². The van der Waals surface area contributed by atoms with Crippen LogP contribution in [-0.4, -0.2) is 60.2 Å². The Hall–Kier alpha value is -3.16. The number of rotatable bonds is 5. The highest BCUT2D eigenvalue weighted by atomic mass is 35.5. The molecular formula is C24H25ClN4O3. The Bertz CT molecular complexity index is 1090. The van der Waals surface area contributed by atoms with Crippen LogP contribution < -0.4 is 10.2 Å². The molecule has 166 valence electrons. The molecule has 2 heterocycles. The van der Waals surface area contributed by atoms with Crippen LogP contribution in [0, 0.1) is 0 Å². The van der Waals surface area contributed by atoms with Gasteiger partial charge in [0.05, 0.1) is 16.3 Å². The molecule has 2 aliphatic rings. The number of imide groups is 1. The van der Waals surface area contributed by atoms with Crippen molar-refractivity contribution < 1.29 is 14.4 Å². The van der Waals surface area contributed by atoms with Crippen LogP contribution in [0.15, 0.2) is 54.2 Å². The minimum absolute atomic E-state index is 0.177. The molecule has 0 radical (unpaired) electrons. The number of hydrogen-bond donors (Lipinski definition) is 1. The molecule has 1 N–H and O–H groups in total. The smallest absolute Gasteiger partial charge is 0.282 e. The zero-order valence-corrected chi connectivity index (χ0v) is 18.9. The van der Waals surface area contributed by atoms with Gasteiger partial charge in [-0.25, -0.2) is 4.90 Å². The summed E-state index contributed by atoms with van der Waals surface area (Å²) in [4.78, 5) is 44.0. The first-order valence-corrected chi connectivity index (χ1v) is 11.0. The quantitative estimate of drug-likeness (QED) is 0.705. The van der Waals surface area contributed by atoms with E-state index in [1.54, 1.807) is 48.5 Å². The number of benzene rings is 2. The SMILES string of the molecule is CCN1CCN(C2=C(c3ccc(NC(C)=O)cc3)C(=O)N(c3ccccc3Cl)C2=O)CC1. The lowest BCUT2D eigenvalue weighted by molar-refractivity contribution is -0.121. The topological polar surface area (TPSA) is 73.0 Å². The van der Waals surface area contributed by atoms with Crippen molar-refractivity contribution in [2.45, 2.75) is 13.8 Å². The Morgan fingerprint density at radius 2 is 1.62 bits per heavy atom. The zero-order chi connectivity index (χ0) is 22.8. The van der Waals surface area contributed by atoms with E-state index in [0.29, 0.717) is 46.3 Å². The first kappa shape index (κ1) is 22.0. The lowest BCUT2D eigenvalue weighted by atomic mass is 10.0. The molecule has 3 amide bonds. The van der Waals surface area contributed by atoms with E-state index < -0.39 is 5.91 Å². The molecule has 32 heavy (non-hydrogen) atoms.